The average molecular weight is 439 g/mol. The number of nitrogens with two attached hydrogens (primary N) is 2. The normalized spacial score (nSPS) is 13.8. The molecule has 0 spiro atoms. The Morgan fingerprint density at radius 2 is 1.56 bits per heavy atom. The summed E-state index contributed by atoms with van der Waals surface area (Å²) >= 11 is 0. The molecule has 166 valence electrons. The number of esters is 1. The highest BCUT2D eigenvalue weighted by Gasteiger charge is 2.44. The Labute approximate surface area is 185 Å². The summed E-state index contributed by atoms with van der Waals surface area (Å²) in [6.07, 6.45) is -2.18. The molecular weight excluding hydrogens is 416 g/mol. The lowest BCUT2D eigenvalue weighted by Gasteiger charge is -2.34. The number of amides is 1. The summed E-state index contributed by atoms with van der Waals surface area (Å²) in [5.41, 5.74) is 11.6. The van der Waals surface area contributed by atoms with Gasteiger partial charge in [-0.05, 0) is 67.3 Å². The van der Waals surface area contributed by atoms with Crippen LogP contribution in [0.15, 0.2) is 48.5 Å². The maximum atomic E-state index is 13.9. The fourth-order valence-corrected chi connectivity index (χ4v) is 2.63. The van der Waals surface area contributed by atoms with Crippen molar-refractivity contribution in [2.24, 2.45) is 5.73 Å². The van der Waals surface area contributed by atoms with Crippen molar-refractivity contribution >= 4 is 17.6 Å². The molecule has 6 nitrogen and oxygen atoms in total. The van der Waals surface area contributed by atoms with E-state index in [1.54, 1.807) is 36.4 Å². The predicted molar refractivity (Wildman–Crippen MR) is 118 cm³/mol. The Kier molecular flexibility index (Phi) is 8.34. The third kappa shape index (κ3) is 6.31. The Hall–Kier alpha value is -3.88. The number of ether oxygens (including phenoxy) is 1. The summed E-state index contributed by atoms with van der Waals surface area (Å²) in [6, 6.07) is 11.6. The highest BCUT2D eigenvalue weighted by atomic mass is 19.2. The lowest BCUT2D eigenvalue weighted by Crippen LogP contribution is -2.65. The van der Waals surface area contributed by atoms with Gasteiger partial charge in [-0.1, -0.05) is 11.8 Å². The van der Waals surface area contributed by atoms with Crippen LogP contribution < -0.4 is 16.8 Å². The highest BCUT2D eigenvalue weighted by Crippen LogP contribution is 2.18. The molecule has 8 heteroatoms. The van der Waals surface area contributed by atoms with E-state index < -0.39 is 36.3 Å². The van der Waals surface area contributed by atoms with Gasteiger partial charge in [-0.3, -0.25) is 4.79 Å². The van der Waals surface area contributed by atoms with Gasteiger partial charge in [0, 0.05) is 22.4 Å². The van der Waals surface area contributed by atoms with E-state index in [4.69, 9.17) is 11.5 Å². The molecule has 32 heavy (non-hydrogen) atoms. The number of nitrogen functional groups attached to an aromatic ring is 1. The van der Waals surface area contributed by atoms with Crippen molar-refractivity contribution in [2.75, 3.05) is 19.5 Å². The second kappa shape index (κ2) is 10.9. The molecule has 2 aromatic rings. The van der Waals surface area contributed by atoms with Crippen LogP contribution in [-0.4, -0.2) is 43.4 Å². The third-order valence-corrected chi connectivity index (χ3v) is 4.68. The fraction of sp³-hybridized carbons (Fsp3) is 0.250. The van der Waals surface area contributed by atoms with Crippen LogP contribution in [0.25, 0.3) is 0 Å². The van der Waals surface area contributed by atoms with Crippen molar-refractivity contribution in [3.63, 3.8) is 0 Å². The maximum absolute atomic E-state index is 13.9. The van der Waals surface area contributed by atoms with Crippen LogP contribution in [-0.2, 0) is 9.53 Å². The number of nitrogens with one attached hydrogen (secondary N) is 1. The van der Waals surface area contributed by atoms with Crippen molar-refractivity contribution in [2.45, 2.75) is 24.7 Å². The van der Waals surface area contributed by atoms with E-state index in [1.807, 2.05) is 0 Å². The van der Waals surface area contributed by atoms with Crippen molar-refractivity contribution < 1.29 is 23.1 Å². The van der Waals surface area contributed by atoms with Crippen LogP contribution in [0.4, 0.5) is 14.5 Å². The number of carbonyl (C=O) groups is 2. The van der Waals surface area contributed by atoms with Crippen LogP contribution in [0.5, 0.6) is 0 Å². The zero-order chi connectivity index (χ0) is 23.7. The first-order valence-corrected chi connectivity index (χ1v) is 9.54. The molecule has 0 aliphatic rings. The molecule has 2 aromatic carbocycles. The first kappa shape index (κ1) is 24.4. The van der Waals surface area contributed by atoms with Gasteiger partial charge in [0.15, 0.2) is 0 Å². The van der Waals surface area contributed by atoms with Crippen LogP contribution in [0.2, 0.25) is 0 Å². The molecule has 2 rings (SSSR count). The van der Waals surface area contributed by atoms with Crippen LogP contribution in [0.1, 0.15) is 28.4 Å². The summed E-state index contributed by atoms with van der Waals surface area (Å²) < 4.78 is 31.3. The summed E-state index contributed by atoms with van der Waals surface area (Å²) in [7, 11) is 1.06. The molecule has 1 amide bonds. The van der Waals surface area contributed by atoms with E-state index in [-0.39, 0.29) is 5.56 Å². The number of alkyl halides is 2. The molecule has 0 radical (unpaired) electrons. The molecule has 0 aliphatic carbocycles. The number of methoxy groups -OCH3 is 1. The Balaban J connectivity index is 2.11. The number of hydrogen-bond acceptors (Lipinski definition) is 5. The molecule has 3 atom stereocenters. The van der Waals surface area contributed by atoms with Crippen LogP contribution in [0.3, 0.4) is 0 Å². The monoisotopic (exact) mass is 439 g/mol. The van der Waals surface area contributed by atoms with Gasteiger partial charge in [-0.2, -0.15) is 0 Å². The zero-order valence-electron chi connectivity index (χ0n) is 17.6. The second-order valence-electron chi connectivity index (χ2n) is 7.12. The van der Waals surface area contributed by atoms with E-state index in [0.717, 1.165) is 19.6 Å². The molecule has 0 heterocycles. The maximum Gasteiger partial charge on any atom is 0.330 e. The van der Waals surface area contributed by atoms with Gasteiger partial charge in [-0.15, -0.1) is 0 Å². The molecule has 0 aromatic heterocycles. The van der Waals surface area contributed by atoms with Crippen molar-refractivity contribution in [1.82, 2.24) is 5.32 Å². The van der Waals surface area contributed by atoms with Gasteiger partial charge in [0.05, 0.1) is 12.6 Å². The minimum atomic E-state index is -2.18. The van der Waals surface area contributed by atoms with E-state index in [0.29, 0.717) is 11.3 Å². The van der Waals surface area contributed by atoms with Crippen molar-refractivity contribution in [3.8, 4) is 23.7 Å². The number of halogens is 2. The van der Waals surface area contributed by atoms with Gasteiger partial charge in [0.1, 0.15) is 18.9 Å². The molecule has 0 saturated heterocycles. The average Bonchev–Trinajstić information content (AvgIpc) is 2.80. The lowest BCUT2D eigenvalue weighted by molar-refractivity contribution is -0.145. The van der Waals surface area contributed by atoms with E-state index in [1.165, 1.54) is 12.1 Å². The summed E-state index contributed by atoms with van der Waals surface area (Å²) in [5.74, 6) is 9.47. The fourth-order valence-electron chi connectivity index (χ4n) is 2.63. The molecule has 0 fully saturated rings. The summed E-state index contributed by atoms with van der Waals surface area (Å²) in [6.45, 7) is -0.284. The Morgan fingerprint density at radius 3 is 2.03 bits per heavy atom. The van der Waals surface area contributed by atoms with Gasteiger partial charge in [-0.25, -0.2) is 13.6 Å². The number of anilines is 1. The minimum absolute atomic E-state index is 0.170. The smallest absolute Gasteiger partial charge is 0.330 e. The molecule has 0 saturated carbocycles. The van der Waals surface area contributed by atoms with E-state index >= 15 is 0 Å². The molecule has 1 unspecified atom stereocenters. The van der Waals surface area contributed by atoms with Gasteiger partial charge in [0.25, 0.3) is 5.91 Å². The van der Waals surface area contributed by atoms with Crippen LogP contribution in [0, 0.1) is 23.7 Å². The predicted octanol–water partition coefficient (Wildman–Crippen LogP) is 1.97. The number of rotatable bonds is 6. The molecule has 5 N–H and O–H groups in total. The summed E-state index contributed by atoms with van der Waals surface area (Å²) in [5, 5.41) is 2.32. The standard InChI is InChI=1S/C24H23F2N3O3/c1-24(28,20(26)15-25)21(23(31)32-2)29-22(30)18-11-7-16(8-12-18)5-3-4-6-17-9-13-19(27)14-10-17/h7-14,20-21H,15,27-28H2,1-2H3,(H,29,30)/t20?,21-,24-/m1/s1. The topological polar surface area (TPSA) is 107 Å². The van der Waals surface area contributed by atoms with E-state index in [2.05, 4.69) is 33.7 Å². The van der Waals surface area contributed by atoms with Crippen LogP contribution >= 0.6 is 0 Å². The van der Waals surface area contributed by atoms with Crippen molar-refractivity contribution in [3.05, 3.63) is 65.2 Å². The third-order valence-electron chi connectivity index (χ3n) is 4.68. The number of benzene rings is 2. The van der Waals surface area contributed by atoms with Gasteiger partial charge in [0.2, 0.25) is 0 Å². The van der Waals surface area contributed by atoms with Gasteiger partial charge >= 0.3 is 5.97 Å². The number of carbonyl (C=O) groups excluding carboxylic acids is 2. The Bertz CT molecular complexity index is 1080. The van der Waals surface area contributed by atoms with E-state index in [9.17, 15) is 18.4 Å². The lowest BCUT2D eigenvalue weighted by atomic mass is 9.88. The number of hydrogen-bond donors (Lipinski definition) is 3. The first-order chi connectivity index (χ1) is 15.2. The van der Waals surface area contributed by atoms with Gasteiger partial charge < -0.3 is 21.5 Å². The minimum Gasteiger partial charge on any atom is -0.467 e. The molecule has 0 aliphatic heterocycles. The molecule has 0 bridgehead atoms. The highest BCUT2D eigenvalue weighted by molar-refractivity contribution is 5.97. The quantitative estimate of drug-likeness (QED) is 0.362. The summed E-state index contributed by atoms with van der Waals surface area (Å²) in [4.78, 5) is 24.6. The molecular formula is C24H23F2N3O3. The SMILES string of the molecule is COC(=O)[C@@H](NC(=O)c1ccc(C#CC#Cc2ccc(N)cc2)cc1)[C@](C)(N)C(F)CF. The van der Waals surface area contributed by atoms with Crippen molar-refractivity contribution in [1.29, 1.82) is 0 Å². The first-order valence-electron chi connectivity index (χ1n) is 9.54. The zero-order valence-corrected chi connectivity index (χ0v) is 17.6. The Morgan fingerprint density at radius 1 is 1.06 bits per heavy atom. The largest absolute Gasteiger partial charge is 0.467 e. The second-order valence-corrected chi connectivity index (χ2v) is 7.12.